The van der Waals surface area contributed by atoms with Gasteiger partial charge < -0.3 is 23.1 Å². The van der Waals surface area contributed by atoms with Crippen LogP contribution in [0.2, 0.25) is 0 Å². The molecular weight excluding hydrogens is 753 g/mol. The number of nitriles is 2. The van der Waals surface area contributed by atoms with Crippen LogP contribution in [0.15, 0.2) is 195 Å². The van der Waals surface area contributed by atoms with Crippen LogP contribution in [-0.2, 0) is 0 Å². The molecule has 0 fully saturated rings. The van der Waals surface area contributed by atoms with Crippen molar-refractivity contribution in [1.82, 2.24) is 0 Å². The maximum Gasteiger partial charge on any atom is 0.159 e. The molecule has 0 aliphatic rings. The summed E-state index contributed by atoms with van der Waals surface area (Å²) < 4.78 is 20.0. The summed E-state index contributed by atoms with van der Waals surface area (Å²) in [6.07, 6.45) is 0. The van der Waals surface area contributed by atoms with Gasteiger partial charge in [-0.3, -0.25) is 0 Å². The second-order valence-electron chi connectivity index (χ2n) is 15.1. The monoisotopic (exact) mass is 782 g/mol. The molecule has 0 unspecified atom stereocenters. The lowest BCUT2D eigenvalue weighted by Crippen LogP contribution is -2.11. The second kappa shape index (κ2) is 13.4. The fourth-order valence-corrected chi connectivity index (χ4v) is 8.96. The lowest BCUT2D eigenvalue weighted by atomic mass is 10.00. The number of furan rings is 3. The molecule has 61 heavy (non-hydrogen) atoms. The maximum atomic E-state index is 9.72. The van der Waals surface area contributed by atoms with E-state index in [0.717, 1.165) is 111 Å². The van der Waals surface area contributed by atoms with Crippen molar-refractivity contribution in [2.45, 2.75) is 0 Å². The van der Waals surface area contributed by atoms with Crippen molar-refractivity contribution in [3.05, 3.63) is 193 Å². The highest BCUT2D eigenvalue weighted by molar-refractivity contribution is 6.24. The van der Waals surface area contributed by atoms with Crippen LogP contribution in [0.1, 0.15) is 11.1 Å². The fourth-order valence-electron chi connectivity index (χ4n) is 8.96. The molecule has 3 aromatic heterocycles. The van der Waals surface area contributed by atoms with Gasteiger partial charge in [0, 0.05) is 60.8 Å². The molecule has 12 aromatic rings. The molecule has 0 N–H and O–H groups in total. The van der Waals surface area contributed by atoms with Gasteiger partial charge in [-0.25, -0.2) is 0 Å². The Morgan fingerprint density at radius 3 is 1.39 bits per heavy atom. The first-order valence-electron chi connectivity index (χ1n) is 19.9. The number of fused-ring (bicyclic) bond motifs is 11. The van der Waals surface area contributed by atoms with Gasteiger partial charge in [0.05, 0.1) is 40.3 Å². The average molecular weight is 783 g/mol. The van der Waals surface area contributed by atoms with E-state index in [1.165, 1.54) is 0 Å². The number of hydrogen-bond donors (Lipinski definition) is 0. The number of benzene rings is 9. The number of nitrogens with zero attached hydrogens (tertiary/aromatic N) is 4. The number of para-hydroxylation sites is 4. The van der Waals surface area contributed by atoms with Crippen molar-refractivity contribution in [3.63, 3.8) is 0 Å². The summed E-state index contributed by atoms with van der Waals surface area (Å²) in [6.45, 7) is 0. The minimum absolute atomic E-state index is 0.575. The molecule has 0 aliphatic carbocycles. The lowest BCUT2D eigenvalue weighted by molar-refractivity contribution is 0.667. The van der Waals surface area contributed by atoms with E-state index >= 15 is 0 Å². The quantitative estimate of drug-likeness (QED) is 0.166. The van der Waals surface area contributed by atoms with Crippen LogP contribution >= 0.6 is 0 Å². The van der Waals surface area contributed by atoms with E-state index in [4.69, 9.17) is 13.3 Å². The van der Waals surface area contributed by atoms with Gasteiger partial charge in [0.25, 0.3) is 0 Å². The molecule has 12 rings (SSSR count). The Morgan fingerprint density at radius 1 is 0.328 bits per heavy atom. The third kappa shape index (κ3) is 5.29. The van der Waals surface area contributed by atoms with Gasteiger partial charge in [0.2, 0.25) is 0 Å². The summed E-state index contributed by atoms with van der Waals surface area (Å²) in [5, 5.41) is 27.5. The summed E-state index contributed by atoms with van der Waals surface area (Å²) in [5.41, 5.74) is 11.0. The van der Waals surface area contributed by atoms with Crippen molar-refractivity contribution >= 4 is 111 Å². The Bertz CT molecular complexity index is 3810. The molecule has 0 aliphatic heterocycles. The topological polar surface area (TPSA) is 93.5 Å². The van der Waals surface area contributed by atoms with Gasteiger partial charge >= 0.3 is 0 Å². The number of anilines is 6. The summed E-state index contributed by atoms with van der Waals surface area (Å²) in [5.74, 6) is 0. The van der Waals surface area contributed by atoms with Crippen LogP contribution in [0.3, 0.4) is 0 Å². The Kier molecular flexibility index (Phi) is 7.52. The molecule has 0 spiro atoms. The summed E-state index contributed by atoms with van der Waals surface area (Å²) >= 11 is 0. The van der Waals surface area contributed by atoms with E-state index in [-0.39, 0.29) is 0 Å². The van der Waals surface area contributed by atoms with Crippen molar-refractivity contribution in [2.75, 3.05) is 9.80 Å². The lowest BCUT2D eigenvalue weighted by Gasteiger charge is -2.27. The molecular formula is C54H30N4O3. The predicted octanol–water partition coefficient (Wildman–Crippen LogP) is 15.2. The molecule has 0 amide bonds. The standard InChI is InChI=1S/C54H30N4O3/c55-31-33-19-23-35(24-20-33)57(45-15-7-13-42-39-10-3-5-17-48(39)60-53(42)45)37-27-28-50-44(29-37)52-41-12-2-1-9-38(41)47(30-51(52)59-50)58(36-25-21-34(32-56)22-26-36)46-16-8-14-43-40-11-4-6-18-49(40)61-54(43)46/h1-30H. The minimum Gasteiger partial charge on any atom is -0.456 e. The van der Waals surface area contributed by atoms with Crippen molar-refractivity contribution < 1.29 is 13.3 Å². The Hall–Kier alpha value is -8.78. The van der Waals surface area contributed by atoms with E-state index in [2.05, 4.69) is 113 Å². The molecule has 9 aromatic carbocycles. The van der Waals surface area contributed by atoms with E-state index in [1.54, 1.807) is 0 Å². The van der Waals surface area contributed by atoms with Gasteiger partial charge in [0.1, 0.15) is 22.3 Å². The molecule has 3 heterocycles. The van der Waals surface area contributed by atoms with Crippen LogP contribution in [-0.4, -0.2) is 0 Å². The van der Waals surface area contributed by atoms with Crippen LogP contribution < -0.4 is 9.80 Å². The molecule has 7 heteroatoms. The first kappa shape index (κ1) is 34.3. The maximum absolute atomic E-state index is 9.72. The molecule has 0 atom stereocenters. The van der Waals surface area contributed by atoms with Crippen LogP contribution in [0.4, 0.5) is 34.1 Å². The van der Waals surface area contributed by atoms with Gasteiger partial charge in [0.15, 0.2) is 11.2 Å². The zero-order valence-electron chi connectivity index (χ0n) is 32.3. The SMILES string of the molecule is N#Cc1ccc(N(c2ccc3oc4cc(N(c5ccc(C#N)cc5)c5cccc6c5oc5ccccc56)c5ccccc5c4c3c2)c2cccc3c2oc2ccccc23)cc1. The van der Waals surface area contributed by atoms with E-state index in [9.17, 15) is 10.5 Å². The largest absolute Gasteiger partial charge is 0.456 e. The Balaban J connectivity index is 1.10. The zero-order chi connectivity index (χ0) is 40.6. The van der Waals surface area contributed by atoms with Crippen LogP contribution in [0.25, 0.3) is 76.6 Å². The van der Waals surface area contributed by atoms with Crippen molar-refractivity contribution in [1.29, 1.82) is 10.5 Å². The normalized spacial score (nSPS) is 11.6. The highest BCUT2D eigenvalue weighted by Crippen LogP contribution is 2.49. The second-order valence-corrected chi connectivity index (χ2v) is 15.1. The molecule has 0 saturated heterocycles. The summed E-state index contributed by atoms with van der Waals surface area (Å²) in [7, 11) is 0. The third-order valence-electron chi connectivity index (χ3n) is 11.7. The van der Waals surface area contributed by atoms with Gasteiger partial charge in [-0.1, -0.05) is 84.9 Å². The third-order valence-corrected chi connectivity index (χ3v) is 11.7. The van der Waals surface area contributed by atoms with Gasteiger partial charge in [-0.05, 0) is 96.4 Å². The molecule has 284 valence electrons. The number of hydrogen-bond acceptors (Lipinski definition) is 7. The Morgan fingerprint density at radius 2 is 0.803 bits per heavy atom. The molecule has 7 nitrogen and oxygen atoms in total. The number of rotatable bonds is 6. The fraction of sp³-hybridized carbons (Fsp3) is 0. The van der Waals surface area contributed by atoms with E-state index in [1.807, 2.05) is 91.0 Å². The zero-order valence-corrected chi connectivity index (χ0v) is 32.3. The highest BCUT2D eigenvalue weighted by Gasteiger charge is 2.25. The van der Waals surface area contributed by atoms with Crippen LogP contribution in [0.5, 0.6) is 0 Å². The van der Waals surface area contributed by atoms with Crippen molar-refractivity contribution in [3.8, 4) is 12.1 Å². The average Bonchev–Trinajstić information content (AvgIpc) is 4.02. The van der Waals surface area contributed by atoms with Crippen molar-refractivity contribution in [2.24, 2.45) is 0 Å². The molecule has 0 saturated carbocycles. The van der Waals surface area contributed by atoms with Gasteiger partial charge in [-0.15, -0.1) is 0 Å². The minimum atomic E-state index is 0.575. The van der Waals surface area contributed by atoms with E-state index in [0.29, 0.717) is 11.1 Å². The Labute approximate surface area is 348 Å². The smallest absolute Gasteiger partial charge is 0.159 e. The molecule has 0 bridgehead atoms. The van der Waals surface area contributed by atoms with Gasteiger partial charge in [-0.2, -0.15) is 10.5 Å². The first-order valence-corrected chi connectivity index (χ1v) is 19.9. The summed E-state index contributed by atoms with van der Waals surface area (Å²) in [6, 6.07) is 65.2. The highest BCUT2D eigenvalue weighted by atomic mass is 16.3. The molecule has 0 radical (unpaired) electrons. The van der Waals surface area contributed by atoms with Crippen LogP contribution in [0, 0.1) is 22.7 Å². The summed E-state index contributed by atoms with van der Waals surface area (Å²) in [4.78, 5) is 4.38. The van der Waals surface area contributed by atoms with E-state index < -0.39 is 0 Å². The predicted molar refractivity (Wildman–Crippen MR) is 245 cm³/mol. The first-order chi connectivity index (χ1) is 30.1.